The van der Waals surface area contributed by atoms with Crippen LogP contribution < -0.4 is 14.8 Å². The van der Waals surface area contributed by atoms with Gasteiger partial charge in [-0.3, -0.25) is 0 Å². The summed E-state index contributed by atoms with van der Waals surface area (Å²) in [6.45, 7) is 5.60. The molecule has 0 fully saturated rings. The molecule has 0 amide bonds. The van der Waals surface area contributed by atoms with E-state index in [0.717, 1.165) is 17.9 Å². The molecular weight excluding hydrogens is 264 g/mol. The topological polar surface area (TPSA) is 43.4 Å². The zero-order valence-corrected chi connectivity index (χ0v) is 12.8. The van der Waals surface area contributed by atoms with Crippen LogP contribution in [0.4, 0.5) is 0 Å². The summed E-state index contributed by atoms with van der Waals surface area (Å²) in [4.78, 5) is 4.11. The van der Waals surface area contributed by atoms with Gasteiger partial charge in [-0.05, 0) is 43.2 Å². The molecule has 0 bridgehead atoms. The number of hydrogen-bond acceptors (Lipinski definition) is 4. The molecule has 2 rings (SSSR count). The Morgan fingerprint density at radius 2 is 1.95 bits per heavy atom. The van der Waals surface area contributed by atoms with Crippen LogP contribution in [-0.4, -0.2) is 18.7 Å². The lowest BCUT2D eigenvalue weighted by Crippen LogP contribution is -2.18. The van der Waals surface area contributed by atoms with Gasteiger partial charge in [0.25, 0.3) is 0 Å². The second kappa shape index (κ2) is 7.64. The summed E-state index contributed by atoms with van der Waals surface area (Å²) >= 11 is 0. The monoisotopic (exact) mass is 286 g/mol. The summed E-state index contributed by atoms with van der Waals surface area (Å²) in [7, 11) is 1.63. The standard InChI is InChI=1S/C17H22N2O2/c1-4-21-16-7-5-15(6-8-16)13(2)19-12-14-9-10-18-17(11-14)20-3/h5-11,13,19H,4,12H2,1-3H3. The highest BCUT2D eigenvalue weighted by Gasteiger charge is 2.06. The van der Waals surface area contributed by atoms with Gasteiger partial charge < -0.3 is 14.8 Å². The lowest BCUT2D eigenvalue weighted by Gasteiger charge is -2.15. The first kappa shape index (κ1) is 15.3. The minimum absolute atomic E-state index is 0.264. The number of nitrogens with one attached hydrogen (secondary N) is 1. The number of nitrogens with zero attached hydrogens (tertiary/aromatic N) is 1. The largest absolute Gasteiger partial charge is 0.494 e. The van der Waals surface area contributed by atoms with Crippen LogP contribution in [0.1, 0.15) is 31.0 Å². The number of methoxy groups -OCH3 is 1. The van der Waals surface area contributed by atoms with Crippen molar-refractivity contribution in [3.8, 4) is 11.6 Å². The van der Waals surface area contributed by atoms with Gasteiger partial charge >= 0.3 is 0 Å². The lowest BCUT2D eigenvalue weighted by molar-refractivity contribution is 0.340. The molecule has 112 valence electrons. The maximum absolute atomic E-state index is 5.45. The van der Waals surface area contributed by atoms with Crippen LogP contribution >= 0.6 is 0 Å². The van der Waals surface area contributed by atoms with Crippen LogP contribution in [0.25, 0.3) is 0 Å². The molecule has 2 aromatic rings. The molecule has 4 heteroatoms. The minimum atomic E-state index is 0.264. The number of aromatic nitrogens is 1. The summed E-state index contributed by atoms with van der Waals surface area (Å²) in [5.41, 5.74) is 2.39. The van der Waals surface area contributed by atoms with Crippen molar-refractivity contribution in [2.75, 3.05) is 13.7 Å². The summed E-state index contributed by atoms with van der Waals surface area (Å²) < 4.78 is 10.6. The van der Waals surface area contributed by atoms with Gasteiger partial charge in [0.1, 0.15) is 5.75 Å². The molecule has 1 unspecified atom stereocenters. The highest BCUT2D eigenvalue weighted by atomic mass is 16.5. The van der Waals surface area contributed by atoms with E-state index in [1.807, 2.05) is 31.2 Å². The molecule has 1 heterocycles. The van der Waals surface area contributed by atoms with E-state index in [1.165, 1.54) is 5.56 Å². The number of rotatable bonds is 7. The van der Waals surface area contributed by atoms with Crippen LogP contribution in [0, 0.1) is 0 Å². The van der Waals surface area contributed by atoms with Crippen LogP contribution in [0.2, 0.25) is 0 Å². The Morgan fingerprint density at radius 1 is 1.19 bits per heavy atom. The first-order chi connectivity index (χ1) is 10.2. The predicted octanol–water partition coefficient (Wildman–Crippen LogP) is 3.34. The Labute approximate surface area is 126 Å². The quantitative estimate of drug-likeness (QED) is 0.847. The molecule has 4 nitrogen and oxygen atoms in total. The fourth-order valence-corrected chi connectivity index (χ4v) is 2.08. The fourth-order valence-electron chi connectivity index (χ4n) is 2.08. The van der Waals surface area contributed by atoms with Gasteiger partial charge in [-0.1, -0.05) is 12.1 Å². The van der Waals surface area contributed by atoms with E-state index in [-0.39, 0.29) is 6.04 Å². The molecule has 0 saturated carbocycles. The van der Waals surface area contributed by atoms with Gasteiger partial charge in [0.05, 0.1) is 13.7 Å². The molecule has 1 N–H and O–H groups in total. The third-order valence-corrected chi connectivity index (χ3v) is 3.31. The molecule has 0 aliphatic carbocycles. The van der Waals surface area contributed by atoms with Gasteiger partial charge in [-0.25, -0.2) is 4.98 Å². The van der Waals surface area contributed by atoms with Crippen molar-refractivity contribution in [3.05, 3.63) is 53.7 Å². The average Bonchev–Trinajstić information content (AvgIpc) is 2.54. The van der Waals surface area contributed by atoms with Crippen molar-refractivity contribution in [3.63, 3.8) is 0 Å². The average molecular weight is 286 g/mol. The second-order valence-corrected chi connectivity index (χ2v) is 4.81. The van der Waals surface area contributed by atoms with Crippen LogP contribution in [-0.2, 0) is 6.54 Å². The maximum atomic E-state index is 5.45. The summed E-state index contributed by atoms with van der Waals surface area (Å²) in [5.74, 6) is 1.55. The third kappa shape index (κ3) is 4.46. The van der Waals surface area contributed by atoms with Crippen molar-refractivity contribution >= 4 is 0 Å². The van der Waals surface area contributed by atoms with Gasteiger partial charge in [0.2, 0.25) is 5.88 Å². The Balaban J connectivity index is 1.92. The van der Waals surface area contributed by atoms with Crippen molar-refractivity contribution in [1.82, 2.24) is 10.3 Å². The SMILES string of the molecule is CCOc1ccc(C(C)NCc2ccnc(OC)c2)cc1. The number of ether oxygens (including phenoxy) is 2. The molecular formula is C17H22N2O2. The molecule has 0 radical (unpaired) electrons. The molecule has 1 aromatic heterocycles. The van der Waals surface area contributed by atoms with E-state index in [0.29, 0.717) is 12.5 Å². The molecule has 21 heavy (non-hydrogen) atoms. The van der Waals surface area contributed by atoms with Crippen LogP contribution in [0.3, 0.4) is 0 Å². The first-order valence-electron chi connectivity index (χ1n) is 7.18. The van der Waals surface area contributed by atoms with E-state index in [2.05, 4.69) is 29.4 Å². The zero-order valence-electron chi connectivity index (χ0n) is 12.8. The van der Waals surface area contributed by atoms with E-state index < -0.39 is 0 Å². The fraction of sp³-hybridized carbons (Fsp3) is 0.353. The highest BCUT2D eigenvalue weighted by molar-refractivity contribution is 5.29. The van der Waals surface area contributed by atoms with E-state index in [4.69, 9.17) is 9.47 Å². The normalized spacial score (nSPS) is 12.0. The van der Waals surface area contributed by atoms with Gasteiger partial charge in [-0.2, -0.15) is 0 Å². The molecule has 1 aromatic carbocycles. The molecule has 0 saturated heterocycles. The first-order valence-corrected chi connectivity index (χ1v) is 7.18. The molecule has 0 aliphatic heterocycles. The van der Waals surface area contributed by atoms with Gasteiger partial charge in [0, 0.05) is 24.8 Å². The van der Waals surface area contributed by atoms with Crippen molar-refractivity contribution in [1.29, 1.82) is 0 Å². The number of pyridine rings is 1. The highest BCUT2D eigenvalue weighted by Crippen LogP contribution is 2.18. The van der Waals surface area contributed by atoms with Crippen molar-refractivity contribution in [2.45, 2.75) is 26.4 Å². The van der Waals surface area contributed by atoms with Crippen LogP contribution in [0.5, 0.6) is 11.6 Å². The van der Waals surface area contributed by atoms with Crippen LogP contribution in [0.15, 0.2) is 42.6 Å². The Morgan fingerprint density at radius 3 is 2.62 bits per heavy atom. The summed E-state index contributed by atoms with van der Waals surface area (Å²) in [6.07, 6.45) is 1.76. The van der Waals surface area contributed by atoms with E-state index >= 15 is 0 Å². The minimum Gasteiger partial charge on any atom is -0.494 e. The summed E-state index contributed by atoms with van der Waals surface area (Å²) in [6, 6.07) is 12.4. The third-order valence-electron chi connectivity index (χ3n) is 3.31. The number of hydrogen-bond donors (Lipinski definition) is 1. The Hall–Kier alpha value is -2.07. The molecule has 1 atom stereocenters. The second-order valence-electron chi connectivity index (χ2n) is 4.81. The van der Waals surface area contributed by atoms with Crippen molar-refractivity contribution in [2.24, 2.45) is 0 Å². The number of benzene rings is 1. The van der Waals surface area contributed by atoms with Gasteiger partial charge in [0.15, 0.2) is 0 Å². The predicted molar refractivity (Wildman–Crippen MR) is 83.7 cm³/mol. The molecule has 0 aliphatic rings. The smallest absolute Gasteiger partial charge is 0.213 e. The maximum Gasteiger partial charge on any atom is 0.213 e. The van der Waals surface area contributed by atoms with E-state index in [9.17, 15) is 0 Å². The zero-order chi connectivity index (χ0) is 15.1. The Kier molecular flexibility index (Phi) is 5.58. The molecule has 0 spiro atoms. The van der Waals surface area contributed by atoms with Gasteiger partial charge in [-0.15, -0.1) is 0 Å². The Bertz CT molecular complexity index is 555. The van der Waals surface area contributed by atoms with E-state index in [1.54, 1.807) is 13.3 Å². The lowest BCUT2D eigenvalue weighted by atomic mass is 10.1. The summed E-state index contributed by atoms with van der Waals surface area (Å²) in [5, 5.41) is 3.49. The van der Waals surface area contributed by atoms with Crippen molar-refractivity contribution < 1.29 is 9.47 Å².